The van der Waals surface area contributed by atoms with Crippen molar-refractivity contribution in [2.24, 2.45) is 0 Å². The molecule has 0 saturated heterocycles. The van der Waals surface area contributed by atoms with Crippen LogP contribution >= 0.6 is 15.9 Å². The quantitative estimate of drug-likeness (QED) is 0.804. The van der Waals surface area contributed by atoms with Gasteiger partial charge < -0.3 is 4.74 Å². The molecule has 2 aromatic rings. The summed E-state index contributed by atoms with van der Waals surface area (Å²) in [7, 11) is 0. The Bertz CT molecular complexity index is 553. The Hall–Kier alpha value is -1.20. The monoisotopic (exact) mass is 282 g/mol. The van der Waals surface area contributed by atoms with Gasteiger partial charge in [-0.15, -0.1) is 0 Å². The van der Waals surface area contributed by atoms with E-state index in [2.05, 4.69) is 21.0 Å². The molecule has 1 aliphatic heterocycles. The molecule has 1 aliphatic rings. The fourth-order valence-electron chi connectivity index (χ4n) is 1.76. The third kappa shape index (κ3) is 1.47. The first kappa shape index (κ1) is 9.99. The molecular formula is C11H8BrFN2O. The van der Waals surface area contributed by atoms with Crippen LogP contribution in [0.15, 0.2) is 28.9 Å². The van der Waals surface area contributed by atoms with E-state index in [9.17, 15) is 4.39 Å². The number of ether oxygens (including phenoxy) is 1. The minimum atomic E-state index is -0.267. The molecule has 0 aliphatic carbocycles. The van der Waals surface area contributed by atoms with Gasteiger partial charge in [0.25, 0.3) is 0 Å². The van der Waals surface area contributed by atoms with Crippen molar-refractivity contribution in [3.63, 3.8) is 0 Å². The molecule has 0 bridgehead atoms. The molecule has 16 heavy (non-hydrogen) atoms. The normalized spacial score (nSPS) is 14.1. The van der Waals surface area contributed by atoms with Gasteiger partial charge in [-0.05, 0) is 34.1 Å². The van der Waals surface area contributed by atoms with Gasteiger partial charge in [-0.1, -0.05) is 6.07 Å². The lowest BCUT2D eigenvalue weighted by Crippen LogP contribution is -1.99. The fraction of sp³-hybridized carbons (Fsp3) is 0.182. The van der Waals surface area contributed by atoms with Crippen molar-refractivity contribution in [3.8, 4) is 5.69 Å². The summed E-state index contributed by atoms with van der Waals surface area (Å²) in [6, 6.07) is 6.35. The minimum Gasteiger partial charge on any atom is -0.370 e. The number of rotatable bonds is 1. The predicted molar refractivity (Wildman–Crippen MR) is 59.7 cm³/mol. The van der Waals surface area contributed by atoms with Gasteiger partial charge in [-0.25, -0.2) is 9.07 Å². The van der Waals surface area contributed by atoms with E-state index in [0.29, 0.717) is 18.9 Å². The Morgan fingerprint density at radius 2 is 2.25 bits per heavy atom. The van der Waals surface area contributed by atoms with Crippen LogP contribution in [0.4, 0.5) is 4.39 Å². The van der Waals surface area contributed by atoms with E-state index < -0.39 is 0 Å². The van der Waals surface area contributed by atoms with E-state index in [1.165, 1.54) is 12.1 Å². The SMILES string of the molecule is Fc1cccc(-n2nc3c(c2Br)COC3)c1. The highest BCUT2D eigenvalue weighted by molar-refractivity contribution is 9.10. The first-order valence-corrected chi connectivity index (χ1v) is 5.65. The molecule has 0 radical (unpaired) electrons. The number of fused-ring (bicyclic) bond motifs is 1. The standard InChI is InChI=1S/C11H8BrFN2O/c12-11-9-5-16-6-10(9)14-15(11)8-3-1-2-7(13)4-8/h1-4H,5-6H2. The maximum Gasteiger partial charge on any atom is 0.125 e. The van der Waals surface area contributed by atoms with Crippen molar-refractivity contribution in [2.45, 2.75) is 13.2 Å². The molecule has 2 heterocycles. The number of benzene rings is 1. The van der Waals surface area contributed by atoms with Gasteiger partial charge in [0.1, 0.15) is 10.4 Å². The zero-order chi connectivity index (χ0) is 11.1. The Labute approximate surface area is 100.0 Å². The van der Waals surface area contributed by atoms with Gasteiger partial charge in [0.15, 0.2) is 0 Å². The van der Waals surface area contributed by atoms with E-state index in [0.717, 1.165) is 15.9 Å². The molecular weight excluding hydrogens is 275 g/mol. The van der Waals surface area contributed by atoms with Gasteiger partial charge in [0, 0.05) is 5.56 Å². The van der Waals surface area contributed by atoms with Gasteiger partial charge in [0.05, 0.1) is 24.6 Å². The molecule has 0 atom stereocenters. The van der Waals surface area contributed by atoms with E-state index in [1.54, 1.807) is 10.7 Å². The lowest BCUT2D eigenvalue weighted by molar-refractivity contribution is 0.131. The van der Waals surface area contributed by atoms with E-state index in [-0.39, 0.29) is 5.82 Å². The van der Waals surface area contributed by atoms with Gasteiger partial charge in [0.2, 0.25) is 0 Å². The second-order valence-electron chi connectivity index (χ2n) is 3.60. The van der Waals surface area contributed by atoms with Crippen LogP contribution in [0.1, 0.15) is 11.3 Å². The summed E-state index contributed by atoms with van der Waals surface area (Å²) in [5.41, 5.74) is 2.67. The fourth-order valence-corrected chi connectivity index (χ4v) is 2.39. The number of nitrogens with zero attached hydrogens (tertiary/aromatic N) is 2. The van der Waals surface area contributed by atoms with E-state index >= 15 is 0 Å². The summed E-state index contributed by atoms with van der Waals surface area (Å²) >= 11 is 3.46. The van der Waals surface area contributed by atoms with Crippen LogP contribution < -0.4 is 0 Å². The average Bonchev–Trinajstić information content (AvgIpc) is 2.82. The number of hydrogen-bond donors (Lipinski definition) is 0. The molecule has 0 spiro atoms. The molecule has 3 rings (SSSR count). The van der Waals surface area contributed by atoms with E-state index in [1.807, 2.05) is 6.07 Å². The topological polar surface area (TPSA) is 27.1 Å². The zero-order valence-electron chi connectivity index (χ0n) is 8.28. The molecule has 0 amide bonds. The smallest absolute Gasteiger partial charge is 0.125 e. The zero-order valence-corrected chi connectivity index (χ0v) is 9.87. The third-order valence-electron chi connectivity index (χ3n) is 2.54. The van der Waals surface area contributed by atoms with E-state index in [4.69, 9.17) is 4.74 Å². The molecule has 0 N–H and O–H groups in total. The predicted octanol–water partition coefficient (Wildman–Crippen LogP) is 2.80. The van der Waals surface area contributed by atoms with Crippen LogP contribution in [0.5, 0.6) is 0 Å². The average molecular weight is 283 g/mol. The van der Waals surface area contributed by atoms with Crippen molar-refractivity contribution in [1.29, 1.82) is 0 Å². The second kappa shape index (κ2) is 3.68. The first-order valence-electron chi connectivity index (χ1n) is 4.85. The second-order valence-corrected chi connectivity index (χ2v) is 4.35. The molecule has 5 heteroatoms. The number of hydrogen-bond acceptors (Lipinski definition) is 2. The lowest BCUT2D eigenvalue weighted by Gasteiger charge is -2.04. The highest BCUT2D eigenvalue weighted by atomic mass is 79.9. The summed E-state index contributed by atoms with van der Waals surface area (Å²) in [6.07, 6.45) is 0. The maximum absolute atomic E-state index is 13.1. The van der Waals surface area contributed by atoms with Crippen molar-refractivity contribution < 1.29 is 9.13 Å². The van der Waals surface area contributed by atoms with Crippen molar-refractivity contribution in [2.75, 3.05) is 0 Å². The van der Waals surface area contributed by atoms with Gasteiger partial charge in [-0.3, -0.25) is 0 Å². The van der Waals surface area contributed by atoms with Crippen LogP contribution in [-0.2, 0) is 18.0 Å². The van der Waals surface area contributed by atoms with Gasteiger partial charge in [-0.2, -0.15) is 5.10 Å². The highest BCUT2D eigenvalue weighted by Gasteiger charge is 2.21. The Balaban J connectivity index is 2.14. The molecule has 3 nitrogen and oxygen atoms in total. The summed E-state index contributed by atoms with van der Waals surface area (Å²) < 4.78 is 20.9. The first-order chi connectivity index (χ1) is 7.75. The Morgan fingerprint density at radius 3 is 3.00 bits per heavy atom. The molecule has 0 unspecified atom stereocenters. The third-order valence-corrected chi connectivity index (χ3v) is 3.36. The Morgan fingerprint density at radius 1 is 1.38 bits per heavy atom. The van der Waals surface area contributed by atoms with Crippen LogP contribution in [-0.4, -0.2) is 9.78 Å². The molecule has 1 aromatic carbocycles. The van der Waals surface area contributed by atoms with Crippen LogP contribution in [0.25, 0.3) is 5.69 Å². The van der Waals surface area contributed by atoms with Crippen molar-refractivity contribution in [1.82, 2.24) is 9.78 Å². The molecule has 1 aromatic heterocycles. The number of aromatic nitrogens is 2. The minimum absolute atomic E-state index is 0.267. The van der Waals surface area contributed by atoms with Crippen molar-refractivity contribution in [3.05, 3.63) is 45.9 Å². The molecule has 82 valence electrons. The largest absolute Gasteiger partial charge is 0.370 e. The lowest BCUT2D eigenvalue weighted by atomic mass is 10.3. The highest BCUT2D eigenvalue weighted by Crippen LogP contribution is 2.29. The number of halogens is 2. The summed E-state index contributed by atoms with van der Waals surface area (Å²) in [6.45, 7) is 1.08. The molecule has 0 saturated carbocycles. The Kier molecular flexibility index (Phi) is 2.29. The van der Waals surface area contributed by atoms with Crippen LogP contribution in [0, 0.1) is 5.82 Å². The van der Waals surface area contributed by atoms with Crippen LogP contribution in [0.2, 0.25) is 0 Å². The van der Waals surface area contributed by atoms with Gasteiger partial charge >= 0.3 is 0 Å². The van der Waals surface area contributed by atoms with Crippen LogP contribution in [0.3, 0.4) is 0 Å². The summed E-state index contributed by atoms with van der Waals surface area (Å²) in [5, 5.41) is 4.38. The summed E-state index contributed by atoms with van der Waals surface area (Å²) in [5.74, 6) is -0.267. The van der Waals surface area contributed by atoms with Crippen molar-refractivity contribution >= 4 is 15.9 Å². The molecule has 0 fully saturated rings. The summed E-state index contributed by atoms with van der Waals surface area (Å²) in [4.78, 5) is 0. The maximum atomic E-state index is 13.1.